The summed E-state index contributed by atoms with van der Waals surface area (Å²) < 4.78 is 24.4. The standard InChI is InChI=1S/C12H14ClN3O2S/c1-9(8-19(2,17)18)16-11(14-15-12(16)13)10-6-4-3-5-7-10/h3-7,9H,8H2,1-2H3. The maximum absolute atomic E-state index is 11.4. The number of sulfone groups is 1. The molecule has 0 aliphatic carbocycles. The summed E-state index contributed by atoms with van der Waals surface area (Å²) in [6, 6.07) is 9.08. The van der Waals surface area contributed by atoms with Gasteiger partial charge in [0.1, 0.15) is 9.84 Å². The normalized spacial score (nSPS) is 13.4. The van der Waals surface area contributed by atoms with Crippen molar-refractivity contribution in [3.8, 4) is 11.4 Å². The summed E-state index contributed by atoms with van der Waals surface area (Å²) in [5.41, 5.74) is 0.849. The molecule has 1 atom stereocenters. The highest BCUT2D eigenvalue weighted by Crippen LogP contribution is 2.25. The molecule has 0 saturated carbocycles. The summed E-state index contributed by atoms with van der Waals surface area (Å²) >= 11 is 6.01. The zero-order chi connectivity index (χ0) is 14.0. The molecule has 1 aromatic carbocycles. The van der Waals surface area contributed by atoms with Gasteiger partial charge in [-0.15, -0.1) is 10.2 Å². The Balaban J connectivity index is 2.44. The van der Waals surface area contributed by atoms with Gasteiger partial charge in [0.2, 0.25) is 5.28 Å². The van der Waals surface area contributed by atoms with Crippen molar-refractivity contribution in [3.63, 3.8) is 0 Å². The van der Waals surface area contributed by atoms with Crippen LogP contribution in [0.2, 0.25) is 5.28 Å². The van der Waals surface area contributed by atoms with Crippen molar-refractivity contribution in [3.05, 3.63) is 35.6 Å². The minimum absolute atomic E-state index is 0.00933. The zero-order valence-electron chi connectivity index (χ0n) is 10.6. The van der Waals surface area contributed by atoms with Crippen molar-refractivity contribution in [1.82, 2.24) is 14.8 Å². The molecule has 5 nitrogen and oxygen atoms in total. The maximum Gasteiger partial charge on any atom is 0.225 e. The van der Waals surface area contributed by atoms with E-state index in [1.807, 2.05) is 30.3 Å². The van der Waals surface area contributed by atoms with Gasteiger partial charge >= 0.3 is 0 Å². The summed E-state index contributed by atoms with van der Waals surface area (Å²) in [6.45, 7) is 1.78. The van der Waals surface area contributed by atoms with E-state index >= 15 is 0 Å². The second-order valence-electron chi connectivity index (χ2n) is 4.47. The van der Waals surface area contributed by atoms with Crippen LogP contribution in [0.25, 0.3) is 11.4 Å². The molecule has 0 fully saturated rings. The predicted molar refractivity (Wildman–Crippen MR) is 74.9 cm³/mol. The van der Waals surface area contributed by atoms with Crippen molar-refractivity contribution in [2.24, 2.45) is 0 Å². The summed E-state index contributed by atoms with van der Waals surface area (Å²) in [6.07, 6.45) is 1.20. The second kappa shape index (κ2) is 5.30. The van der Waals surface area contributed by atoms with E-state index in [1.54, 1.807) is 11.5 Å². The Bertz CT molecular complexity index is 668. The molecule has 0 bridgehead atoms. The molecule has 7 heteroatoms. The first-order valence-electron chi connectivity index (χ1n) is 5.72. The molecule has 0 spiro atoms. The lowest BCUT2D eigenvalue weighted by Gasteiger charge is -2.15. The quantitative estimate of drug-likeness (QED) is 0.868. The molecular weight excluding hydrogens is 286 g/mol. The van der Waals surface area contributed by atoms with Crippen LogP contribution >= 0.6 is 11.6 Å². The summed E-state index contributed by atoms with van der Waals surface area (Å²) in [4.78, 5) is 0. The highest BCUT2D eigenvalue weighted by atomic mass is 35.5. The highest BCUT2D eigenvalue weighted by Gasteiger charge is 2.20. The van der Waals surface area contributed by atoms with Crippen LogP contribution in [0.3, 0.4) is 0 Å². The Morgan fingerprint density at radius 1 is 1.26 bits per heavy atom. The van der Waals surface area contributed by atoms with Crippen LogP contribution in [-0.2, 0) is 9.84 Å². The van der Waals surface area contributed by atoms with Crippen molar-refractivity contribution < 1.29 is 8.42 Å². The van der Waals surface area contributed by atoms with Gasteiger partial charge in [-0.05, 0) is 18.5 Å². The second-order valence-corrected chi connectivity index (χ2v) is 6.99. The van der Waals surface area contributed by atoms with Gasteiger partial charge < -0.3 is 0 Å². The Morgan fingerprint density at radius 3 is 2.47 bits per heavy atom. The minimum atomic E-state index is -3.10. The van der Waals surface area contributed by atoms with Crippen LogP contribution in [0, 0.1) is 0 Å². The Kier molecular flexibility index (Phi) is 3.91. The number of rotatable bonds is 4. The van der Waals surface area contributed by atoms with Gasteiger partial charge in [0.15, 0.2) is 5.82 Å². The summed E-state index contributed by atoms with van der Waals surface area (Å²) in [5, 5.41) is 8.04. The monoisotopic (exact) mass is 299 g/mol. The molecule has 19 heavy (non-hydrogen) atoms. The van der Waals surface area contributed by atoms with Gasteiger partial charge in [0.25, 0.3) is 0 Å². The van der Waals surface area contributed by atoms with Gasteiger partial charge in [0.05, 0.1) is 5.75 Å². The lowest BCUT2D eigenvalue weighted by Crippen LogP contribution is -2.17. The van der Waals surface area contributed by atoms with E-state index in [-0.39, 0.29) is 17.1 Å². The summed E-state index contributed by atoms with van der Waals surface area (Å²) in [7, 11) is -3.10. The van der Waals surface area contributed by atoms with Crippen LogP contribution in [0.5, 0.6) is 0 Å². The fourth-order valence-corrected chi connectivity index (χ4v) is 3.27. The van der Waals surface area contributed by atoms with E-state index in [1.165, 1.54) is 6.26 Å². The number of aromatic nitrogens is 3. The van der Waals surface area contributed by atoms with Crippen LogP contribution in [0.4, 0.5) is 0 Å². The maximum atomic E-state index is 11.4. The van der Waals surface area contributed by atoms with E-state index in [0.29, 0.717) is 5.82 Å². The van der Waals surface area contributed by atoms with Gasteiger partial charge in [-0.2, -0.15) is 0 Å². The molecule has 1 aromatic heterocycles. The molecule has 0 aliphatic rings. The smallest absolute Gasteiger partial charge is 0.225 e. The first-order valence-corrected chi connectivity index (χ1v) is 8.16. The van der Waals surface area contributed by atoms with Crippen molar-refractivity contribution in [2.75, 3.05) is 12.0 Å². The molecule has 1 heterocycles. The molecule has 2 rings (SSSR count). The lowest BCUT2D eigenvalue weighted by molar-refractivity contribution is 0.564. The van der Waals surface area contributed by atoms with Crippen LogP contribution < -0.4 is 0 Å². The topological polar surface area (TPSA) is 64.8 Å². The van der Waals surface area contributed by atoms with Gasteiger partial charge in [-0.3, -0.25) is 4.57 Å². The minimum Gasteiger partial charge on any atom is -0.294 e. The highest BCUT2D eigenvalue weighted by molar-refractivity contribution is 7.90. The molecule has 0 N–H and O–H groups in total. The lowest BCUT2D eigenvalue weighted by atomic mass is 10.2. The first-order chi connectivity index (χ1) is 8.88. The van der Waals surface area contributed by atoms with E-state index in [0.717, 1.165) is 5.56 Å². The number of hydrogen-bond donors (Lipinski definition) is 0. The largest absolute Gasteiger partial charge is 0.294 e. The zero-order valence-corrected chi connectivity index (χ0v) is 12.2. The average Bonchev–Trinajstić information content (AvgIpc) is 2.70. The van der Waals surface area contributed by atoms with Gasteiger partial charge in [-0.25, -0.2) is 8.42 Å². The molecular formula is C12H14ClN3O2S. The van der Waals surface area contributed by atoms with E-state index in [2.05, 4.69) is 10.2 Å². The van der Waals surface area contributed by atoms with Gasteiger partial charge in [-0.1, -0.05) is 30.3 Å². The van der Waals surface area contributed by atoms with Crippen LogP contribution in [-0.4, -0.2) is 35.2 Å². The molecule has 1 unspecified atom stereocenters. The molecule has 0 amide bonds. The first kappa shape index (κ1) is 14.0. The third-order valence-electron chi connectivity index (χ3n) is 2.67. The third-order valence-corrected chi connectivity index (χ3v) is 4.02. The fourth-order valence-electron chi connectivity index (χ4n) is 1.96. The Hall–Kier alpha value is -1.40. The van der Waals surface area contributed by atoms with Crippen molar-refractivity contribution in [1.29, 1.82) is 0 Å². The van der Waals surface area contributed by atoms with E-state index < -0.39 is 9.84 Å². The molecule has 0 aliphatic heterocycles. The van der Waals surface area contributed by atoms with Gasteiger partial charge in [0, 0.05) is 17.9 Å². The number of hydrogen-bond acceptors (Lipinski definition) is 4. The number of benzene rings is 1. The predicted octanol–water partition coefficient (Wildman–Crippen LogP) is 2.20. The SMILES string of the molecule is CC(CS(C)(=O)=O)n1c(Cl)nnc1-c1ccccc1. The van der Waals surface area contributed by atoms with Crippen LogP contribution in [0.1, 0.15) is 13.0 Å². The number of halogens is 1. The molecule has 102 valence electrons. The van der Waals surface area contributed by atoms with E-state index in [4.69, 9.17) is 11.6 Å². The Morgan fingerprint density at radius 2 is 1.89 bits per heavy atom. The summed E-state index contributed by atoms with van der Waals surface area (Å²) in [5.74, 6) is 0.562. The number of nitrogens with zero attached hydrogens (tertiary/aromatic N) is 3. The average molecular weight is 300 g/mol. The van der Waals surface area contributed by atoms with Crippen molar-refractivity contribution in [2.45, 2.75) is 13.0 Å². The van der Waals surface area contributed by atoms with E-state index in [9.17, 15) is 8.42 Å². The fraction of sp³-hybridized carbons (Fsp3) is 0.333. The third kappa shape index (κ3) is 3.33. The van der Waals surface area contributed by atoms with Crippen LogP contribution in [0.15, 0.2) is 30.3 Å². The molecule has 0 saturated heterocycles. The molecule has 0 radical (unpaired) electrons. The molecule has 2 aromatic rings. The Labute approximate surface area is 117 Å². The van der Waals surface area contributed by atoms with Crippen molar-refractivity contribution >= 4 is 21.4 Å².